The lowest BCUT2D eigenvalue weighted by atomic mass is 9.74. The minimum absolute atomic E-state index is 0.450. The van der Waals surface area contributed by atoms with Gasteiger partial charge in [0.25, 0.3) is 0 Å². The molecule has 27 heavy (non-hydrogen) atoms. The summed E-state index contributed by atoms with van der Waals surface area (Å²) in [5.41, 5.74) is 4.77. The summed E-state index contributed by atoms with van der Waals surface area (Å²) >= 11 is 5.99. The number of benzene rings is 1. The number of nitrogens with one attached hydrogen (secondary N) is 1. The molecule has 0 bridgehead atoms. The van der Waals surface area contributed by atoms with Crippen molar-refractivity contribution in [1.29, 1.82) is 0 Å². The van der Waals surface area contributed by atoms with E-state index in [1.807, 2.05) is 36.7 Å². The first-order valence-electron chi connectivity index (χ1n) is 9.83. The van der Waals surface area contributed by atoms with Crippen molar-refractivity contribution in [2.45, 2.75) is 51.4 Å². The van der Waals surface area contributed by atoms with E-state index in [2.05, 4.69) is 40.9 Å². The maximum atomic E-state index is 5.99. The van der Waals surface area contributed by atoms with Crippen LogP contribution in [0.5, 0.6) is 0 Å². The lowest BCUT2D eigenvalue weighted by molar-refractivity contribution is 0.285. The highest BCUT2D eigenvalue weighted by molar-refractivity contribution is 6.30. The van der Waals surface area contributed by atoms with Crippen molar-refractivity contribution in [3.8, 4) is 11.3 Å². The molecule has 0 spiro atoms. The zero-order valence-corrected chi connectivity index (χ0v) is 16.7. The fraction of sp³-hybridized carbons (Fsp3) is 0.391. The Labute approximate surface area is 166 Å². The number of pyridine rings is 1. The van der Waals surface area contributed by atoms with Gasteiger partial charge in [0.05, 0.1) is 11.9 Å². The number of rotatable bonds is 4. The number of halogens is 1. The van der Waals surface area contributed by atoms with Crippen LogP contribution in [0.4, 0.5) is 0 Å². The first-order valence-corrected chi connectivity index (χ1v) is 10.2. The lowest BCUT2D eigenvalue weighted by Gasteiger charge is -2.31. The van der Waals surface area contributed by atoms with E-state index in [0.29, 0.717) is 17.8 Å². The Balaban J connectivity index is 1.41. The summed E-state index contributed by atoms with van der Waals surface area (Å²) in [4.78, 5) is 12.5. The Hall–Kier alpha value is -2.13. The molecule has 1 aromatic carbocycles. The Morgan fingerprint density at radius 3 is 2.48 bits per heavy atom. The third-order valence-electron chi connectivity index (χ3n) is 6.05. The Kier molecular flexibility index (Phi) is 5.31. The van der Waals surface area contributed by atoms with Crippen molar-refractivity contribution in [2.75, 3.05) is 0 Å². The molecule has 2 aromatic heterocycles. The van der Waals surface area contributed by atoms with E-state index in [9.17, 15) is 0 Å². The first kappa shape index (κ1) is 18.2. The van der Waals surface area contributed by atoms with Gasteiger partial charge in [0, 0.05) is 22.8 Å². The molecular formula is C23H26ClN3. The topological polar surface area (TPSA) is 41.6 Å². The van der Waals surface area contributed by atoms with Gasteiger partial charge in [-0.05, 0) is 79.8 Å². The van der Waals surface area contributed by atoms with Gasteiger partial charge in [-0.1, -0.05) is 30.7 Å². The fourth-order valence-electron chi connectivity index (χ4n) is 4.34. The smallest absolute Gasteiger partial charge is 0.109 e. The summed E-state index contributed by atoms with van der Waals surface area (Å²) in [6.45, 7) is 4.39. The van der Waals surface area contributed by atoms with E-state index >= 15 is 0 Å². The maximum Gasteiger partial charge on any atom is 0.109 e. The number of nitrogens with zero attached hydrogens (tertiary/aromatic N) is 2. The van der Waals surface area contributed by atoms with Gasteiger partial charge in [-0.25, -0.2) is 4.98 Å². The Morgan fingerprint density at radius 2 is 1.78 bits per heavy atom. The highest BCUT2D eigenvalue weighted by atomic mass is 35.5. The van der Waals surface area contributed by atoms with Crippen molar-refractivity contribution in [3.63, 3.8) is 0 Å². The highest BCUT2D eigenvalue weighted by Gasteiger charge is 2.28. The summed E-state index contributed by atoms with van der Waals surface area (Å²) in [7, 11) is 0. The predicted octanol–water partition coefficient (Wildman–Crippen LogP) is 6.51. The number of imidazole rings is 1. The zero-order chi connectivity index (χ0) is 18.8. The van der Waals surface area contributed by atoms with Crippen molar-refractivity contribution in [3.05, 3.63) is 70.9 Å². The second-order valence-electron chi connectivity index (χ2n) is 7.82. The van der Waals surface area contributed by atoms with Crippen molar-refractivity contribution in [2.24, 2.45) is 5.92 Å². The molecule has 0 radical (unpaired) electrons. The molecule has 3 aromatic rings. The fourth-order valence-corrected chi connectivity index (χ4v) is 4.47. The standard InChI is InChI=1S/C23H26ClN3/c1-15-13-20(11-12-25-15)18-5-3-17(4-6-18)16(2)23-26-14-22(27-23)19-7-9-21(24)10-8-19/h7-14,16-18H,3-6H2,1-2H3,(H,26,27). The van der Waals surface area contributed by atoms with Crippen molar-refractivity contribution in [1.82, 2.24) is 15.0 Å². The molecule has 1 saturated carbocycles. The number of hydrogen-bond donors (Lipinski definition) is 1. The van der Waals surface area contributed by atoms with Gasteiger partial charge in [0.2, 0.25) is 0 Å². The summed E-state index contributed by atoms with van der Waals surface area (Å²) in [5, 5.41) is 0.757. The first-order chi connectivity index (χ1) is 13.1. The van der Waals surface area contributed by atoms with Crippen LogP contribution in [0.25, 0.3) is 11.3 Å². The molecule has 1 fully saturated rings. The average Bonchev–Trinajstić information content (AvgIpc) is 3.18. The second-order valence-corrected chi connectivity index (χ2v) is 8.26. The SMILES string of the molecule is Cc1cc(C2CCC(C(C)c3ncc(-c4ccc(Cl)cc4)[nH]3)CC2)ccn1. The van der Waals surface area contributed by atoms with Gasteiger partial charge in [0.15, 0.2) is 0 Å². The Morgan fingerprint density at radius 1 is 1.04 bits per heavy atom. The lowest BCUT2D eigenvalue weighted by Crippen LogP contribution is -2.19. The summed E-state index contributed by atoms with van der Waals surface area (Å²) in [6, 6.07) is 12.3. The molecule has 1 unspecified atom stereocenters. The molecule has 140 valence electrons. The highest BCUT2D eigenvalue weighted by Crippen LogP contribution is 2.41. The van der Waals surface area contributed by atoms with E-state index in [4.69, 9.17) is 11.6 Å². The largest absolute Gasteiger partial charge is 0.342 e. The van der Waals surface area contributed by atoms with Crippen LogP contribution in [-0.2, 0) is 0 Å². The van der Waals surface area contributed by atoms with Crippen LogP contribution in [0.1, 0.15) is 61.5 Å². The van der Waals surface area contributed by atoms with Crippen LogP contribution < -0.4 is 0 Å². The van der Waals surface area contributed by atoms with Gasteiger partial charge in [-0.3, -0.25) is 4.98 Å². The van der Waals surface area contributed by atoms with Gasteiger partial charge < -0.3 is 4.98 Å². The van der Waals surface area contributed by atoms with E-state index in [1.165, 1.54) is 31.2 Å². The molecular weight excluding hydrogens is 354 g/mol. The molecule has 1 atom stereocenters. The average molecular weight is 380 g/mol. The molecule has 1 N–H and O–H groups in total. The molecule has 3 nitrogen and oxygen atoms in total. The number of aromatic nitrogens is 3. The molecule has 0 saturated heterocycles. The van der Waals surface area contributed by atoms with Crippen LogP contribution in [0.3, 0.4) is 0 Å². The van der Waals surface area contributed by atoms with Crippen LogP contribution in [-0.4, -0.2) is 15.0 Å². The molecule has 4 rings (SSSR count). The van der Waals surface area contributed by atoms with Gasteiger partial charge >= 0.3 is 0 Å². The van der Waals surface area contributed by atoms with Crippen molar-refractivity contribution < 1.29 is 0 Å². The Bertz CT molecular complexity index is 892. The molecule has 0 aliphatic heterocycles. The minimum Gasteiger partial charge on any atom is -0.342 e. The van der Waals surface area contributed by atoms with Crippen LogP contribution in [0.15, 0.2) is 48.8 Å². The predicted molar refractivity (Wildman–Crippen MR) is 111 cm³/mol. The molecule has 4 heteroatoms. The number of aryl methyl sites for hydroxylation is 1. The normalized spacial score (nSPS) is 21.1. The van der Waals surface area contributed by atoms with Gasteiger partial charge in [0.1, 0.15) is 5.82 Å². The van der Waals surface area contributed by atoms with E-state index < -0.39 is 0 Å². The van der Waals surface area contributed by atoms with Gasteiger partial charge in [-0.2, -0.15) is 0 Å². The van der Waals surface area contributed by atoms with Crippen LogP contribution in [0.2, 0.25) is 5.02 Å². The van der Waals surface area contributed by atoms with Gasteiger partial charge in [-0.15, -0.1) is 0 Å². The monoisotopic (exact) mass is 379 g/mol. The third kappa shape index (κ3) is 4.08. The summed E-state index contributed by atoms with van der Waals surface area (Å²) < 4.78 is 0. The maximum absolute atomic E-state index is 5.99. The zero-order valence-electron chi connectivity index (χ0n) is 16.0. The third-order valence-corrected chi connectivity index (χ3v) is 6.31. The van der Waals surface area contributed by atoms with Crippen molar-refractivity contribution >= 4 is 11.6 Å². The van der Waals surface area contributed by atoms with E-state index in [0.717, 1.165) is 27.8 Å². The molecule has 0 amide bonds. The number of aromatic amines is 1. The molecule has 1 aliphatic rings. The minimum atomic E-state index is 0.450. The van der Waals surface area contributed by atoms with E-state index in [1.54, 1.807) is 0 Å². The quantitative estimate of drug-likeness (QED) is 0.561. The number of hydrogen-bond acceptors (Lipinski definition) is 2. The molecule has 1 aliphatic carbocycles. The van der Waals surface area contributed by atoms with Crippen LogP contribution >= 0.6 is 11.6 Å². The summed E-state index contributed by atoms with van der Waals surface area (Å²) in [6.07, 6.45) is 8.90. The van der Waals surface area contributed by atoms with E-state index in [-0.39, 0.29) is 0 Å². The molecule has 2 heterocycles. The van der Waals surface area contributed by atoms with Crippen LogP contribution in [0, 0.1) is 12.8 Å². The number of H-pyrrole nitrogens is 1. The second kappa shape index (κ2) is 7.85. The summed E-state index contributed by atoms with van der Waals surface area (Å²) in [5.74, 6) is 2.92.